The molecule has 110 valence electrons. The van der Waals surface area contributed by atoms with Crippen LogP contribution in [0.4, 0.5) is 4.79 Å². The number of amides is 3. The fourth-order valence-corrected chi connectivity index (χ4v) is 1.71. The van der Waals surface area contributed by atoms with Crippen LogP contribution in [0.25, 0.3) is 0 Å². The second-order valence-corrected chi connectivity index (χ2v) is 4.67. The van der Waals surface area contributed by atoms with Gasteiger partial charge in [0.05, 0.1) is 12.3 Å². The maximum Gasteiger partial charge on any atom is 0.322 e. The maximum absolute atomic E-state index is 11.6. The van der Waals surface area contributed by atoms with Gasteiger partial charge in [-0.25, -0.2) is 4.79 Å². The molecule has 20 heavy (non-hydrogen) atoms. The molecule has 2 unspecified atom stereocenters. The second-order valence-electron chi connectivity index (χ2n) is 4.67. The number of hydrogen-bond acceptors (Lipinski definition) is 4. The predicted octanol–water partition coefficient (Wildman–Crippen LogP) is 1.67. The monoisotopic (exact) mass is 282 g/mol. The van der Waals surface area contributed by atoms with E-state index in [2.05, 4.69) is 10.6 Å². The molecule has 0 spiro atoms. The summed E-state index contributed by atoms with van der Waals surface area (Å²) in [5.41, 5.74) is 0. The molecular formula is C13H18N2O5. The molecule has 0 radical (unpaired) electrons. The normalized spacial score (nSPS) is 13.3. The zero-order chi connectivity index (χ0) is 15.1. The van der Waals surface area contributed by atoms with Crippen LogP contribution in [0.15, 0.2) is 22.8 Å². The number of carboxylic acids is 1. The van der Waals surface area contributed by atoms with Crippen molar-refractivity contribution in [1.82, 2.24) is 10.6 Å². The van der Waals surface area contributed by atoms with Crippen molar-refractivity contribution < 1.29 is 23.9 Å². The van der Waals surface area contributed by atoms with Gasteiger partial charge in [-0.1, -0.05) is 6.92 Å². The Morgan fingerprint density at radius 1 is 1.30 bits per heavy atom. The summed E-state index contributed by atoms with van der Waals surface area (Å²) in [5, 5.41) is 13.3. The molecule has 7 heteroatoms. The Labute approximate surface area is 116 Å². The summed E-state index contributed by atoms with van der Waals surface area (Å²) in [6.45, 7) is 3.35. The van der Waals surface area contributed by atoms with Gasteiger partial charge in [0.15, 0.2) is 0 Å². The highest BCUT2D eigenvalue weighted by molar-refractivity contribution is 5.94. The van der Waals surface area contributed by atoms with Gasteiger partial charge in [-0.05, 0) is 25.0 Å². The number of urea groups is 1. The zero-order valence-electron chi connectivity index (χ0n) is 11.4. The standard InChI is InChI=1S/C13H18N2O5/c1-8(7-12(17)18)6-11(16)15-13(19)14-9(2)10-4-3-5-20-10/h3-5,8-9H,6-7H2,1-2H3,(H,17,18)(H2,14,15,16,19). The molecule has 0 aromatic carbocycles. The molecule has 0 saturated carbocycles. The summed E-state index contributed by atoms with van der Waals surface area (Å²) in [4.78, 5) is 33.6. The first-order valence-corrected chi connectivity index (χ1v) is 6.24. The summed E-state index contributed by atoms with van der Waals surface area (Å²) in [6.07, 6.45) is 1.36. The van der Waals surface area contributed by atoms with Crippen LogP contribution >= 0.6 is 0 Å². The van der Waals surface area contributed by atoms with E-state index < -0.39 is 17.9 Å². The molecule has 3 N–H and O–H groups in total. The molecule has 0 aliphatic heterocycles. The summed E-state index contributed by atoms with van der Waals surface area (Å²) < 4.78 is 5.12. The Kier molecular flexibility index (Phi) is 5.76. The maximum atomic E-state index is 11.6. The summed E-state index contributed by atoms with van der Waals surface area (Å²) in [7, 11) is 0. The SMILES string of the molecule is CC(CC(=O)O)CC(=O)NC(=O)NC(C)c1ccco1. The van der Waals surface area contributed by atoms with Gasteiger partial charge in [0.1, 0.15) is 5.76 Å². The Morgan fingerprint density at radius 3 is 2.55 bits per heavy atom. The molecule has 1 heterocycles. The van der Waals surface area contributed by atoms with Crippen molar-refractivity contribution in [2.24, 2.45) is 5.92 Å². The molecular weight excluding hydrogens is 264 g/mol. The lowest BCUT2D eigenvalue weighted by molar-refractivity contribution is -0.138. The van der Waals surface area contributed by atoms with Crippen LogP contribution in [0.1, 0.15) is 38.5 Å². The fraction of sp³-hybridized carbons (Fsp3) is 0.462. The van der Waals surface area contributed by atoms with Gasteiger partial charge in [0.25, 0.3) is 0 Å². The van der Waals surface area contributed by atoms with E-state index in [-0.39, 0.29) is 24.8 Å². The van der Waals surface area contributed by atoms with E-state index in [0.717, 1.165) is 0 Å². The number of carbonyl (C=O) groups excluding carboxylic acids is 2. The number of carboxylic acid groups (broad SMARTS) is 1. The number of rotatable bonds is 6. The lowest BCUT2D eigenvalue weighted by Gasteiger charge is -2.13. The number of nitrogens with one attached hydrogen (secondary N) is 2. The minimum absolute atomic E-state index is 0.0190. The van der Waals surface area contributed by atoms with Crippen molar-refractivity contribution in [3.8, 4) is 0 Å². The molecule has 0 fully saturated rings. The lowest BCUT2D eigenvalue weighted by Crippen LogP contribution is -2.41. The summed E-state index contributed by atoms with van der Waals surface area (Å²) in [5.74, 6) is -1.24. The molecule has 0 aliphatic carbocycles. The minimum Gasteiger partial charge on any atom is -0.481 e. The smallest absolute Gasteiger partial charge is 0.322 e. The van der Waals surface area contributed by atoms with Crippen LogP contribution in [0, 0.1) is 5.92 Å². The van der Waals surface area contributed by atoms with Crippen molar-refractivity contribution in [2.75, 3.05) is 0 Å². The third-order valence-electron chi connectivity index (χ3n) is 2.63. The average Bonchev–Trinajstić information content (AvgIpc) is 2.79. The Bertz CT molecular complexity index is 469. The number of aliphatic carboxylic acids is 1. The molecule has 0 saturated heterocycles. The summed E-state index contributed by atoms with van der Waals surface area (Å²) in [6, 6.07) is 2.40. The van der Waals surface area contributed by atoms with Crippen LogP contribution in [0.3, 0.4) is 0 Å². The van der Waals surface area contributed by atoms with Crippen molar-refractivity contribution in [3.05, 3.63) is 24.2 Å². The molecule has 7 nitrogen and oxygen atoms in total. The highest BCUT2D eigenvalue weighted by atomic mass is 16.4. The van der Waals surface area contributed by atoms with E-state index in [0.29, 0.717) is 5.76 Å². The van der Waals surface area contributed by atoms with Crippen LogP contribution in [0.5, 0.6) is 0 Å². The van der Waals surface area contributed by atoms with Crippen LogP contribution in [-0.2, 0) is 9.59 Å². The molecule has 1 aromatic rings. The van der Waals surface area contributed by atoms with Crippen molar-refractivity contribution >= 4 is 17.9 Å². The first-order chi connectivity index (χ1) is 9.38. The van der Waals surface area contributed by atoms with Gasteiger partial charge in [0.2, 0.25) is 5.91 Å². The zero-order valence-corrected chi connectivity index (χ0v) is 11.4. The first-order valence-electron chi connectivity index (χ1n) is 6.24. The number of furan rings is 1. The molecule has 0 aliphatic rings. The van der Waals surface area contributed by atoms with Gasteiger partial charge >= 0.3 is 12.0 Å². The van der Waals surface area contributed by atoms with Crippen molar-refractivity contribution in [1.29, 1.82) is 0 Å². The Morgan fingerprint density at radius 2 is 2.00 bits per heavy atom. The third-order valence-corrected chi connectivity index (χ3v) is 2.63. The van der Waals surface area contributed by atoms with Crippen molar-refractivity contribution in [3.63, 3.8) is 0 Å². The molecule has 1 rings (SSSR count). The molecule has 3 amide bonds. The molecule has 0 bridgehead atoms. The quantitative estimate of drug-likeness (QED) is 0.735. The topological polar surface area (TPSA) is 109 Å². The molecule has 2 atom stereocenters. The molecule has 1 aromatic heterocycles. The van der Waals surface area contributed by atoms with E-state index >= 15 is 0 Å². The van der Waals surface area contributed by atoms with Crippen LogP contribution < -0.4 is 10.6 Å². The van der Waals surface area contributed by atoms with E-state index in [4.69, 9.17) is 9.52 Å². The highest BCUT2D eigenvalue weighted by Gasteiger charge is 2.16. The first kappa shape index (κ1) is 15.7. The average molecular weight is 282 g/mol. The van der Waals surface area contributed by atoms with Crippen molar-refractivity contribution in [2.45, 2.75) is 32.7 Å². The lowest BCUT2D eigenvalue weighted by atomic mass is 10.0. The van der Waals surface area contributed by atoms with E-state index in [1.54, 1.807) is 26.0 Å². The van der Waals surface area contributed by atoms with E-state index in [9.17, 15) is 14.4 Å². The largest absolute Gasteiger partial charge is 0.481 e. The number of hydrogen-bond donors (Lipinski definition) is 3. The van der Waals surface area contributed by atoms with Gasteiger partial charge in [-0.3, -0.25) is 14.9 Å². The van der Waals surface area contributed by atoms with Gasteiger partial charge in [-0.2, -0.15) is 0 Å². The Hall–Kier alpha value is -2.31. The second kappa shape index (κ2) is 7.32. The van der Waals surface area contributed by atoms with Crippen LogP contribution in [-0.4, -0.2) is 23.0 Å². The summed E-state index contributed by atoms with van der Waals surface area (Å²) >= 11 is 0. The van der Waals surface area contributed by atoms with E-state index in [1.165, 1.54) is 6.26 Å². The fourth-order valence-electron chi connectivity index (χ4n) is 1.71. The van der Waals surface area contributed by atoms with E-state index in [1.807, 2.05) is 0 Å². The Balaban J connectivity index is 2.34. The number of carbonyl (C=O) groups is 3. The highest BCUT2D eigenvalue weighted by Crippen LogP contribution is 2.12. The third kappa shape index (κ3) is 5.55. The van der Waals surface area contributed by atoms with Crippen LogP contribution in [0.2, 0.25) is 0 Å². The van der Waals surface area contributed by atoms with Gasteiger partial charge in [0, 0.05) is 12.8 Å². The predicted molar refractivity (Wildman–Crippen MR) is 69.8 cm³/mol. The number of imide groups is 1. The van der Waals surface area contributed by atoms with Gasteiger partial charge < -0.3 is 14.8 Å². The minimum atomic E-state index is -0.971. The van der Waals surface area contributed by atoms with Gasteiger partial charge in [-0.15, -0.1) is 0 Å².